The van der Waals surface area contributed by atoms with Crippen LogP contribution in [0.25, 0.3) is 17.2 Å². The summed E-state index contributed by atoms with van der Waals surface area (Å²) in [6, 6.07) is 9.46. The number of carbonyl (C=O) groups excluding carboxylic acids is 1. The van der Waals surface area contributed by atoms with Crippen LogP contribution in [0.2, 0.25) is 0 Å². The highest BCUT2D eigenvalue weighted by Gasteiger charge is 2.20. The monoisotopic (exact) mass is 255 g/mol. The predicted octanol–water partition coefficient (Wildman–Crippen LogP) is 1.09. The van der Waals surface area contributed by atoms with Crippen LogP contribution >= 0.6 is 0 Å². The molecule has 7 heteroatoms. The molecule has 0 atom stereocenters. The van der Waals surface area contributed by atoms with Gasteiger partial charge in [0.25, 0.3) is 5.88 Å². The molecule has 94 valence electrons. The zero-order chi connectivity index (χ0) is 13.2. The number of aromatic nitrogens is 5. The van der Waals surface area contributed by atoms with Crippen molar-refractivity contribution in [1.29, 1.82) is 0 Å². The van der Waals surface area contributed by atoms with E-state index in [4.69, 9.17) is 4.74 Å². The molecule has 3 rings (SSSR count). The predicted molar refractivity (Wildman–Crippen MR) is 64.9 cm³/mol. The van der Waals surface area contributed by atoms with Crippen molar-refractivity contribution in [1.82, 2.24) is 25.0 Å². The Balaban J connectivity index is 2.09. The van der Waals surface area contributed by atoms with Crippen LogP contribution in [0.15, 0.2) is 36.7 Å². The SMILES string of the molecule is CC(=O)Oc1nnc2ncn(-c3ccccc3)nc1-2. The summed E-state index contributed by atoms with van der Waals surface area (Å²) in [5.41, 5.74) is 1.19. The Labute approximate surface area is 108 Å². The van der Waals surface area contributed by atoms with Crippen molar-refractivity contribution < 1.29 is 9.53 Å². The second-order valence-corrected chi connectivity index (χ2v) is 3.80. The van der Waals surface area contributed by atoms with Gasteiger partial charge in [-0.15, -0.1) is 10.2 Å². The van der Waals surface area contributed by atoms with Crippen molar-refractivity contribution in [3.05, 3.63) is 36.7 Å². The van der Waals surface area contributed by atoms with Crippen molar-refractivity contribution in [3.8, 4) is 23.1 Å². The molecule has 0 saturated heterocycles. The van der Waals surface area contributed by atoms with Gasteiger partial charge in [-0.25, -0.2) is 9.67 Å². The second kappa shape index (κ2) is 4.45. The molecular formula is C12H9N5O2. The number of esters is 1. The smallest absolute Gasteiger partial charge is 0.309 e. The van der Waals surface area contributed by atoms with Gasteiger partial charge in [-0.05, 0) is 12.1 Å². The van der Waals surface area contributed by atoms with E-state index >= 15 is 0 Å². The average Bonchev–Trinajstić information content (AvgIpc) is 2.82. The summed E-state index contributed by atoms with van der Waals surface area (Å²) in [5, 5.41) is 11.8. The Kier molecular flexibility index (Phi) is 2.64. The van der Waals surface area contributed by atoms with E-state index in [0.717, 1.165) is 5.69 Å². The molecular weight excluding hydrogens is 246 g/mol. The fourth-order valence-electron chi connectivity index (χ4n) is 1.61. The molecule has 0 radical (unpaired) electrons. The van der Waals surface area contributed by atoms with Gasteiger partial charge in [0, 0.05) is 6.92 Å². The van der Waals surface area contributed by atoms with E-state index in [0.29, 0.717) is 11.5 Å². The summed E-state index contributed by atoms with van der Waals surface area (Å²) >= 11 is 0. The molecule has 0 N–H and O–H groups in total. The van der Waals surface area contributed by atoms with E-state index < -0.39 is 5.97 Å². The van der Waals surface area contributed by atoms with E-state index in [1.807, 2.05) is 30.3 Å². The molecule has 0 aromatic heterocycles. The van der Waals surface area contributed by atoms with Gasteiger partial charge in [0.15, 0.2) is 5.69 Å². The van der Waals surface area contributed by atoms with Crippen molar-refractivity contribution in [2.75, 3.05) is 0 Å². The third-order valence-electron chi connectivity index (χ3n) is 2.41. The maximum Gasteiger partial charge on any atom is 0.309 e. The summed E-state index contributed by atoms with van der Waals surface area (Å²) in [7, 11) is 0. The number of hydrogen-bond acceptors (Lipinski definition) is 6. The number of rotatable bonds is 2. The molecule has 0 amide bonds. The number of para-hydroxylation sites is 1. The van der Waals surface area contributed by atoms with Crippen LogP contribution in [0.4, 0.5) is 0 Å². The molecule has 0 bridgehead atoms. The first-order valence-corrected chi connectivity index (χ1v) is 5.56. The number of nitrogens with zero attached hydrogens (tertiary/aromatic N) is 5. The molecule has 2 aliphatic heterocycles. The third kappa shape index (κ3) is 2.13. The molecule has 19 heavy (non-hydrogen) atoms. The highest BCUT2D eigenvalue weighted by Crippen LogP contribution is 2.24. The summed E-state index contributed by atoms with van der Waals surface area (Å²) < 4.78 is 6.50. The molecule has 2 aliphatic rings. The summed E-state index contributed by atoms with van der Waals surface area (Å²) in [5.74, 6) is -0.0672. The fourth-order valence-corrected chi connectivity index (χ4v) is 1.61. The van der Waals surface area contributed by atoms with Crippen molar-refractivity contribution >= 4 is 5.97 Å². The van der Waals surface area contributed by atoms with Gasteiger partial charge in [-0.3, -0.25) is 4.79 Å². The number of fused-ring (bicyclic) bond motifs is 1. The van der Waals surface area contributed by atoms with Gasteiger partial charge >= 0.3 is 5.97 Å². The number of benzene rings is 1. The Hall–Kier alpha value is -2.83. The van der Waals surface area contributed by atoms with Gasteiger partial charge < -0.3 is 4.74 Å². The van der Waals surface area contributed by atoms with Crippen molar-refractivity contribution in [2.45, 2.75) is 6.92 Å². The molecule has 0 aliphatic carbocycles. The highest BCUT2D eigenvalue weighted by molar-refractivity contribution is 5.71. The summed E-state index contributed by atoms with van der Waals surface area (Å²) in [4.78, 5) is 15.1. The zero-order valence-electron chi connectivity index (χ0n) is 10.0. The van der Waals surface area contributed by atoms with Gasteiger partial charge in [-0.1, -0.05) is 18.2 Å². The van der Waals surface area contributed by atoms with Crippen LogP contribution in [0, 0.1) is 0 Å². The number of ether oxygens (including phenoxy) is 1. The van der Waals surface area contributed by atoms with Crippen LogP contribution in [0.1, 0.15) is 6.92 Å². The second-order valence-electron chi connectivity index (χ2n) is 3.80. The van der Waals surface area contributed by atoms with Crippen LogP contribution in [0.3, 0.4) is 0 Å². The first-order chi connectivity index (χ1) is 9.24. The Bertz CT molecular complexity index is 695. The molecule has 0 saturated carbocycles. The third-order valence-corrected chi connectivity index (χ3v) is 2.41. The topological polar surface area (TPSA) is 82.8 Å². The van der Waals surface area contributed by atoms with Gasteiger partial charge in [0.2, 0.25) is 5.82 Å². The zero-order valence-corrected chi connectivity index (χ0v) is 10.0. The Morgan fingerprint density at radius 3 is 2.74 bits per heavy atom. The van der Waals surface area contributed by atoms with Gasteiger partial charge in [0.1, 0.15) is 6.33 Å². The molecule has 0 spiro atoms. The summed E-state index contributed by atoms with van der Waals surface area (Å²) in [6.07, 6.45) is 1.53. The quantitative estimate of drug-likeness (QED) is 0.637. The molecule has 1 aromatic rings. The maximum atomic E-state index is 11.0. The lowest BCUT2D eigenvalue weighted by Crippen LogP contribution is -2.07. The number of hydrogen-bond donors (Lipinski definition) is 0. The Morgan fingerprint density at radius 2 is 2.00 bits per heavy atom. The highest BCUT2D eigenvalue weighted by atomic mass is 16.5. The molecule has 0 unspecified atom stereocenters. The Morgan fingerprint density at radius 1 is 1.21 bits per heavy atom. The van der Waals surface area contributed by atoms with E-state index in [9.17, 15) is 4.79 Å². The lowest BCUT2D eigenvalue weighted by molar-refractivity contribution is -0.132. The lowest BCUT2D eigenvalue weighted by Gasteiger charge is -2.06. The van der Waals surface area contributed by atoms with Crippen molar-refractivity contribution in [2.24, 2.45) is 0 Å². The standard InChI is InChI=1S/C12H9N5O2/c1-8(18)19-12-10-11(14-15-12)13-7-17(16-10)9-5-3-2-4-6-9/h2-7H,1H3. The summed E-state index contributed by atoms with van der Waals surface area (Å²) in [6.45, 7) is 1.29. The average molecular weight is 255 g/mol. The lowest BCUT2D eigenvalue weighted by atomic mass is 10.3. The largest absolute Gasteiger partial charge is 0.403 e. The van der Waals surface area contributed by atoms with Gasteiger partial charge in [0.05, 0.1) is 5.69 Å². The van der Waals surface area contributed by atoms with Crippen LogP contribution < -0.4 is 4.74 Å². The minimum atomic E-state index is -0.473. The molecule has 2 heterocycles. The normalized spacial score (nSPS) is 10.6. The van der Waals surface area contributed by atoms with E-state index in [2.05, 4.69) is 20.3 Å². The minimum Gasteiger partial charge on any atom is -0.403 e. The first kappa shape index (κ1) is 11.3. The molecule has 7 nitrogen and oxygen atoms in total. The minimum absolute atomic E-state index is 0.0697. The van der Waals surface area contributed by atoms with Gasteiger partial charge in [-0.2, -0.15) is 5.10 Å². The molecule has 1 aromatic carbocycles. The number of carbonyl (C=O) groups is 1. The maximum absolute atomic E-state index is 11.0. The van der Waals surface area contributed by atoms with Crippen LogP contribution in [-0.2, 0) is 4.79 Å². The van der Waals surface area contributed by atoms with E-state index in [1.54, 1.807) is 4.68 Å². The van der Waals surface area contributed by atoms with Crippen LogP contribution in [-0.4, -0.2) is 30.9 Å². The van der Waals surface area contributed by atoms with E-state index in [1.165, 1.54) is 13.3 Å². The van der Waals surface area contributed by atoms with Crippen molar-refractivity contribution in [3.63, 3.8) is 0 Å². The van der Waals surface area contributed by atoms with E-state index in [-0.39, 0.29) is 5.88 Å². The molecule has 0 fully saturated rings. The fraction of sp³-hybridized carbons (Fsp3) is 0.0833. The first-order valence-electron chi connectivity index (χ1n) is 5.56. The van der Waals surface area contributed by atoms with Crippen LogP contribution in [0.5, 0.6) is 5.88 Å².